The van der Waals surface area contributed by atoms with E-state index in [2.05, 4.69) is 4.98 Å². The Kier molecular flexibility index (Phi) is 4.59. The van der Waals surface area contributed by atoms with Gasteiger partial charge in [0.2, 0.25) is 0 Å². The molecule has 0 aliphatic carbocycles. The minimum Gasteiger partial charge on any atom is -0.497 e. The van der Waals surface area contributed by atoms with Crippen LogP contribution in [-0.2, 0) is 6.54 Å². The molecule has 0 N–H and O–H groups in total. The Hall–Kier alpha value is -2.67. The molecule has 7 heteroatoms. The van der Waals surface area contributed by atoms with E-state index in [-0.39, 0.29) is 17.9 Å². The Labute approximate surface area is 148 Å². The number of carbonyl (C=O) groups excluding carboxylic acids is 1. The van der Waals surface area contributed by atoms with Crippen molar-refractivity contribution >= 4 is 27.3 Å². The second-order valence-electron chi connectivity index (χ2n) is 5.62. The van der Waals surface area contributed by atoms with Crippen molar-refractivity contribution in [1.29, 1.82) is 0 Å². The van der Waals surface area contributed by atoms with Gasteiger partial charge in [-0.15, -0.1) is 11.3 Å². The summed E-state index contributed by atoms with van der Waals surface area (Å²) in [7, 11) is 3.04. The van der Waals surface area contributed by atoms with Crippen LogP contribution < -0.4 is 15.0 Å². The molecule has 1 aromatic carbocycles. The Balaban J connectivity index is 2.01. The third kappa shape index (κ3) is 3.15. The monoisotopic (exact) mass is 358 g/mol. The molecule has 0 saturated carbocycles. The van der Waals surface area contributed by atoms with Crippen LogP contribution in [0, 0.1) is 13.8 Å². The molecule has 0 bridgehead atoms. The second kappa shape index (κ2) is 6.68. The second-order valence-corrected chi connectivity index (χ2v) is 6.85. The van der Waals surface area contributed by atoms with Crippen LogP contribution in [0.1, 0.15) is 21.1 Å². The van der Waals surface area contributed by atoms with E-state index in [1.54, 1.807) is 32.2 Å². The number of rotatable bonds is 5. The largest absolute Gasteiger partial charge is 0.497 e. The molecule has 0 radical (unpaired) electrons. The predicted molar refractivity (Wildman–Crippen MR) is 97.2 cm³/mol. The molecule has 0 aliphatic heterocycles. The summed E-state index contributed by atoms with van der Waals surface area (Å²) < 4.78 is 11.8. The minimum absolute atomic E-state index is 0.0921. The summed E-state index contributed by atoms with van der Waals surface area (Å²) >= 11 is 1.47. The Morgan fingerprint density at radius 2 is 1.96 bits per heavy atom. The van der Waals surface area contributed by atoms with Crippen LogP contribution in [0.2, 0.25) is 0 Å². The maximum Gasteiger partial charge on any atom is 0.262 e. The van der Waals surface area contributed by atoms with Gasteiger partial charge in [0.25, 0.3) is 5.56 Å². The SMILES string of the molecule is COc1ccc(C(=O)Cn2c(C)nc3sc(C)cc3c2=O)c(OC)c1. The first kappa shape index (κ1) is 17.2. The van der Waals surface area contributed by atoms with Crippen LogP contribution in [0.15, 0.2) is 29.1 Å². The first-order chi connectivity index (χ1) is 11.9. The van der Waals surface area contributed by atoms with Gasteiger partial charge < -0.3 is 9.47 Å². The van der Waals surface area contributed by atoms with Crippen LogP contribution in [-0.4, -0.2) is 29.6 Å². The highest BCUT2D eigenvalue weighted by molar-refractivity contribution is 7.18. The van der Waals surface area contributed by atoms with Crippen LogP contribution in [0.5, 0.6) is 11.5 Å². The number of thiophene rings is 1. The van der Waals surface area contributed by atoms with Gasteiger partial charge in [-0.25, -0.2) is 4.98 Å². The standard InChI is InChI=1S/C18H18N2O4S/c1-10-7-14-17(25-10)19-11(2)20(18(14)22)9-15(21)13-6-5-12(23-3)8-16(13)24-4/h5-8H,9H2,1-4H3. The highest BCUT2D eigenvalue weighted by Gasteiger charge is 2.17. The first-order valence-corrected chi connectivity index (χ1v) is 8.49. The van der Waals surface area contributed by atoms with Crippen molar-refractivity contribution in [2.24, 2.45) is 0 Å². The number of carbonyl (C=O) groups is 1. The normalized spacial score (nSPS) is 10.9. The maximum absolute atomic E-state index is 12.7. The highest BCUT2D eigenvalue weighted by atomic mass is 32.1. The lowest BCUT2D eigenvalue weighted by Crippen LogP contribution is -2.27. The number of hydrogen-bond donors (Lipinski definition) is 0. The summed E-state index contributed by atoms with van der Waals surface area (Å²) in [6, 6.07) is 6.78. The maximum atomic E-state index is 12.7. The Morgan fingerprint density at radius 1 is 1.20 bits per heavy atom. The van der Waals surface area contributed by atoms with E-state index in [4.69, 9.17) is 9.47 Å². The van der Waals surface area contributed by atoms with Gasteiger partial charge in [-0.1, -0.05) is 0 Å². The average Bonchev–Trinajstić information content (AvgIpc) is 2.98. The number of aryl methyl sites for hydroxylation is 2. The third-order valence-corrected chi connectivity index (χ3v) is 4.92. The molecular formula is C18H18N2O4S. The number of fused-ring (bicyclic) bond motifs is 1. The molecule has 0 amide bonds. The molecule has 2 aromatic heterocycles. The molecule has 0 saturated heterocycles. The number of aromatic nitrogens is 2. The van der Waals surface area contributed by atoms with Gasteiger partial charge in [0, 0.05) is 10.9 Å². The fourth-order valence-corrected chi connectivity index (χ4v) is 3.60. The summed E-state index contributed by atoms with van der Waals surface area (Å²) in [4.78, 5) is 31.6. The van der Waals surface area contributed by atoms with Gasteiger partial charge in [0.05, 0.1) is 31.7 Å². The molecule has 6 nitrogen and oxygen atoms in total. The quantitative estimate of drug-likeness (QED) is 0.656. The molecule has 3 rings (SSSR count). The van der Waals surface area contributed by atoms with Gasteiger partial charge in [-0.3, -0.25) is 14.2 Å². The fourth-order valence-electron chi connectivity index (χ4n) is 2.68. The van der Waals surface area contributed by atoms with Crippen molar-refractivity contribution in [2.75, 3.05) is 14.2 Å². The number of Topliss-reactive ketones (excluding diaryl/α,β-unsaturated/α-hetero) is 1. The number of methoxy groups -OCH3 is 2. The van der Waals surface area contributed by atoms with E-state index in [1.165, 1.54) is 23.0 Å². The minimum atomic E-state index is -0.224. The van der Waals surface area contributed by atoms with Crippen LogP contribution in [0.3, 0.4) is 0 Å². The van der Waals surface area contributed by atoms with E-state index in [0.29, 0.717) is 33.1 Å². The van der Waals surface area contributed by atoms with E-state index in [9.17, 15) is 9.59 Å². The molecular weight excluding hydrogens is 340 g/mol. The Morgan fingerprint density at radius 3 is 2.64 bits per heavy atom. The molecule has 25 heavy (non-hydrogen) atoms. The third-order valence-electron chi connectivity index (χ3n) is 3.98. The zero-order chi connectivity index (χ0) is 18.1. The van der Waals surface area contributed by atoms with Gasteiger partial charge >= 0.3 is 0 Å². The van der Waals surface area contributed by atoms with Gasteiger partial charge in [-0.2, -0.15) is 0 Å². The molecule has 130 valence electrons. The van der Waals surface area contributed by atoms with E-state index >= 15 is 0 Å². The number of hydrogen-bond acceptors (Lipinski definition) is 6. The van der Waals surface area contributed by atoms with Gasteiger partial charge in [0.1, 0.15) is 22.2 Å². The summed E-state index contributed by atoms with van der Waals surface area (Å²) in [5, 5.41) is 0.544. The van der Waals surface area contributed by atoms with Crippen LogP contribution in [0.25, 0.3) is 10.2 Å². The molecule has 0 fully saturated rings. The molecule has 0 atom stereocenters. The highest BCUT2D eigenvalue weighted by Crippen LogP contribution is 2.25. The van der Waals surface area contributed by atoms with Crippen LogP contribution >= 0.6 is 11.3 Å². The fraction of sp³-hybridized carbons (Fsp3) is 0.278. The summed E-state index contributed by atoms with van der Waals surface area (Å²) in [6.45, 7) is 3.57. The molecule has 3 aromatic rings. The first-order valence-electron chi connectivity index (χ1n) is 7.67. The number of ketones is 1. The molecule has 0 unspecified atom stereocenters. The van der Waals surface area contributed by atoms with E-state index < -0.39 is 0 Å². The smallest absolute Gasteiger partial charge is 0.262 e. The van der Waals surface area contributed by atoms with Crippen molar-refractivity contribution in [2.45, 2.75) is 20.4 Å². The van der Waals surface area contributed by atoms with Gasteiger partial charge in [0.15, 0.2) is 5.78 Å². The lowest BCUT2D eigenvalue weighted by Gasteiger charge is -2.12. The van der Waals surface area contributed by atoms with E-state index in [1.807, 2.05) is 13.0 Å². The van der Waals surface area contributed by atoms with Crippen molar-refractivity contribution in [3.05, 3.63) is 50.9 Å². The van der Waals surface area contributed by atoms with Crippen LogP contribution in [0.4, 0.5) is 0 Å². The topological polar surface area (TPSA) is 70.4 Å². The summed E-state index contributed by atoms with van der Waals surface area (Å²) in [5.41, 5.74) is 0.198. The van der Waals surface area contributed by atoms with E-state index in [0.717, 1.165) is 4.88 Å². The van der Waals surface area contributed by atoms with Crippen molar-refractivity contribution < 1.29 is 14.3 Å². The Bertz CT molecular complexity index is 1020. The zero-order valence-corrected chi connectivity index (χ0v) is 15.3. The molecule has 0 aliphatic rings. The average molecular weight is 358 g/mol. The number of benzene rings is 1. The lowest BCUT2D eigenvalue weighted by molar-refractivity contribution is 0.0966. The molecule has 0 spiro atoms. The zero-order valence-electron chi connectivity index (χ0n) is 14.5. The molecule has 2 heterocycles. The lowest BCUT2D eigenvalue weighted by atomic mass is 10.1. The predicted octanol–water partition coefficient (Wildman–Crippen LogP) is 2.97. The van der Waals surface area contributed by atoms with Crippen molar-refractivity contribution in [3.8, 4) is 11.5 Å². The van der Waals surface area contributed by atoms with Crippen molar-refractivity contribution in [1.82, 2.24) is 9.55 Å². The summed E-state index contributed by atoms with van der Waals surface area (Å²) in [6.07, 6.45) is 0. The number of nitrogens with zero attached hydrogens (tertiary/aromatic N) is 2. The summed E-state index contributed by atoms with van der Waals surface area (Å²) in [5.74, 6) is 1.30. The number of ether oxygens (including phenoxy) is 2. The van der Waals surface area contributed by atoms with Crippen molar-refractivity contribution in [3.63, 3.8) is 0 Å². The van der Waals surface area contributed by atoms with Gasteiger partial charge in [-0.05, 0) is 32.0 Å².